The fourth-order valence-corrected chi connectivity index (χ4v) is 3.66. The number of anilines is 1. The molecule has 0 unspecified atom stereocenters. The minimum absolute atomic E-state index is 0.193. The highest BCUT2D eigenvalue weighted by Gasteiger charge is 2.16. The lowest BCUT2D eigenvalue weighted by Gasteiger charge is -2.14. The first-order chi connectivity index (χ1) is 13.1. The fourth-order valence-electron chi connectivity index (χ4n) is 2.48. The fraction of sp³-hybridized carbons (Fsp3) is 0.0952. The zero-order chi connectivity index (χ0) is 19.2. The van der Waals surface area contributed by atoms with Gasteiger partial charge in [-0.1, -0.05) is 30.3 Å². The molecule has 3 aromatic rings. The first kappa shape index (κ1) is 19.9. The van der Waals surface area contributed by atoms with E-state index in [0.717, 1.165) is 18.4 Å². The van der Waals surface area contributed by atoms with Gasteiger partial charge in [0.05, 0.1) is 10.7 Å². The second-order valence-electron chi connectivity index (χ2n) is 5.72. The number of carbonyl (C=O) groups is 1. The average Bonchev–Trinajstić information content (AvgIpc) is 2.68. The molecule has 6 heteroatoms. The summed E-state index contributed by atoms with van der Waals surface area (Å²) in [6.07, 6.45) is 0. The van der Waals surface area contributed by atoms with Crippen molar-refractivity contribution in [2.45, 2.75) is 6.61 Å². The van der Waals surface area contributed by atoms with E-state index in [0.29, 0.717) is 23.7 Å². The molecule has 0 spiro atoms. The van der Waals surface area contributed by atoms with Gasteiger partial charge in [0.25, 0.3) is 5.91 Å². The molecule has 0 bridgehead atoms. The van der Waals surface area contributed by atoms with Gasteiger partial charge in [0.2, 0.25) is 0 Å². The van der Waals surface area contributed by atoms with Gasteiger partial charge < -0.3 is 14.8 Å². The van der Waals surface area contributed by atoms with Crippen molar-refractivity contribution in [3.8, 4) is 11.5 Å². The van der Waals surface area contributed by atoms with Crippen molar-refractivity contribution in [1.29, 1.82) is 0 Å². The van der Waals surface area contributed by atoms with Gasteiger partial charge in [-0.15, -0.1) is 0 Å². The van der Waals surface area contributed by atoms with E-state index in [1.165, 1.54) is 0 Å². The normalized spacial score (nSPS) is 10.3. The molecule has 0 aromatic heterocycles. The van der Waals surface area contributed by atoms with E-state index in [9.17, 15) is 4.79 Å². The summed E-state index contributed by atoms with van der Waals surface area (Å²) < 4.78 is 13.3. The van der Waals surface area contributed by atoms with Crippen molar-refractivity contribution < 1.29 is 14.3 Å². The highest BCUT2D eigenvalue weighted by molar-refractivity contribution is 14.1. The van der Waals surface area contributed by atoms with Gasteiger partial charge in [-0.2, -0.15) is 0 Å². The maximum Gasteiger partial charge on any atom is 0.255 e. The zero-order valence-electron chi connectivity index (χ0n) is 14.5. The number of halogens is 2. The summed E-state index contributed by atoms with van der Waals surface area (Å²) in [4.78, 5) is 12.7. The van der Waals surface area contributed by atoms with E-state index in [1.807, 2.05) is 54.6 Å². The molecular weight excluding hydrogens is 568 g/mol. The van der Waals surface area contributed by atoms with E-state index < -0.39 is 0 Å². The molecule has 0 fully saturated rings. The van der Waals surface area contributed by atoms with E-state index in [4.69, 9.17) is 9.47 Å². The van der Waals surface area contributed by atoms with E-state index in [1.54, 1.807) is 19.2 Å². The summed E-state index contributed by atoms with van der Waals surface area (Å²) >= 11 is 4.38. The maximum atomic E-state index is 12.7. The molecule has 0 radical (unpaired) electrons. The maximum absolute atomic E-state index is 12.7. The van der Waals surface area contributed by atoms with Crippen molar-refractivity contribution in [3.63, 3.8) is 0 Å². The molecule has 3 aromatic carbocycles. The number of carbonyl (C=O) groups excluding carboxylic acids is 1. The number of rotatable bonds is 6. The summed E-state index contributed by atoms with van der Waals surface area (Å²) in [5, 5.41) is 2.91. The molecule has 0 saturated heterocycles. The Balaban J connectivity index is 1.82. The lowest BCUT2D eigenvalue weighted by atomic mass is 10.1. The highest BCUT2D eigenvalue weighted by atomic mass is 127. The van der Waals surface area contributed by atoms with Crippen molar-refractivity contribution in [1.82, 2.24) is 0 Å². The number of hydrogen-bond acceptors (Lipinski definition) is 3. The molecule has 1 amide bonds. The predicted octanol–water partition coefficient (Wildman–Crippen LogP) is 5.74. The number of hydrogen-bond donors (Lipinski definition) is 1. The van der Waals surface area contributed by atoms with Gasteiger partial charge in [0.1, 0.15) is 6.61 Å². The summed E-state index contributed by atoms with van der Waals surface area (Å²) in [6, 6.07) is 21.0. The van der Waals surface area contributed by atoms with Crippen LogP contribution >= 0.6 is 45.2 Å². The highest BCUT2D eigenvalue weighted by Crippen LogP contribution is 2.34. The molecule has 0 aliphatic carbocycles. The van der Waals surface area contributed by atoms with E-state index in [2.05, 4.69) is 50.5 Å². The van der Waals surface area contributed by atoms with Crippen molar-refractivity contribution in [3.05, 3.63) is 85.0 Å². The van der Waals surface area contributed by atoms with Crippen LogP contribution < -0.4 is 14.8 Å². The molecule has 4 nitrogen and oxygen atoms in total. The summed E-state index contributed by atoms with van der Waals surface area (Å²) in [5.41, 5.74) is 2.31. The molecule has 0 atom stereocenters. The van der Waals surface area contributed by atoms with Crippen LogP contribution in [0.5, 0.6) is 11.5 Å². The van der Waals surface area contributed by atoms with Crippen LogP contribution in [0, 0.1) is 7.14 Å². The van der Waals surface area contributed by atoms with Crippen LogP contribution in [0.4, 0.5) is 5.69 Å². The van der Waals surface area contributed by atoms with Gasteiger partial charge in [0, 0.05) is 14.8 Å². The Hall–Kier alpha value is -1.81. The lowest BCUT2D eigenvalue weighted by molar-refractivity contribution is 0.102. The summed E-state index contributed by atoms with van der Waals surface area (Å²) in [6.45, 7) is 0.398. The molecule has 138 valence electrons. The Morgan fingerprint density at radius 2 is 1.70 bits per heavy atom. The number of methoxy groups -OCH3 is 1. The molecule has 0 aliphatic rings. The third-order valence-electron chi connectivity index (χ3n) is 3.82. The third-order valence-corrected chi connectivity index (χ3v) is 5.34. The van der Waals surface area contributed by atoms with Gasteiger partial charge in [-0.05, 0) is 87.1 Å². The smallest absolute Gasteiger partial charge is 0.255 e. The summed E-state index contributed by atoms with van der Waals surface area (Å²) in [7, 11) is 1.60. The minimum Gasteiger partial charge on any atom is -0.492 e. The Kier molecular flexibility index (Phi) is 6.95. The first-order valence-corrected chi connectivity index (χ1v) is 10.3. The SMILES string of the molecule is COc1c(I)cc(C(=O)Nc2ccc(I)cc2)cc1OCc1ccccc1. The Morgan fingerprint density at radius 1 is 1.00 bits per heavy atom. The van der Waals surface area contributed by atoms with Gasteiger partial charge in [0.15, 0.2) is 11.5 Å². The zero-order valence-corrected chi connectivity index (χ0v) is 18.9. The number of benzene rings is 3. The largest absolute Gasteiger partial charge is 0.492 e. The Bertz CT molecular complexity index is 928. The molecule has 27 heavy (non-hydrogen) atoms. The van der Waals surface area contributed by atoms with E-state index >= 15 is 0 Å². The van der Waals surface area contributed by atoms with Crippen LogP contribution in [0.1, 0.15) is 15.9 Å². The van der Waals surface area contributed by atoms with Crippen molar-refractivity contribution >= 4 is 56.8 Å². The standard InChI is InChI=1S/C21H17I2NO3/c1-26-20-18(23)11-15(21(25)24-17-9-7-16(22)8-10-17)12-19(20)27-13-14-5-3-2-4-6-14/h2-12H,13H2,1H3,(H,24,25). The van der Waals surface area contributed by atoms with Gasteiger partial charge in [-0.25, -0.2) is 0 Å². The molecule has 0 saturated carbocycles. The van der Waals surface area contributed by atoms with Gasteiger partial charge >= 0.3 is 0 Å². The molecule has 0 heterocycles. The first-order valence-electron chi connectivity index (χ1n) is 8.18. The van der Waals surface area contributed by atoms with Crippen LogP contribution in [0.3, 0.4) is 0 Å². The topological polar surface area (TPSA) is 47.6 Å². The average molecular weight is 585 g/mol. The second-order valence-corrected chi connectivity index (χ2v) is 8.13. The van der Waals surface area contributed by atoms with Crippen LogP contribution in [-0.4, -0.2) is 13.0 Å². The van der Waals surface area contributed by atoms with Crippen LogP contribution in [0.2, 0.25) is 0 Å². The Labute approximate surface area is 185 Å². The molecular formula is C21H17I2NO3. The lowest BCUT2D eigenvalue weighted by Crippen LogP contribution is -2.13. The van der Waals surface area contributed by atoms with E-state index in [-0.39, 0.29) is 5.91 Å². The molecule has 0 aliphatic heterocycles. The summed E-state index contributed by atoms with van der Waals surface area (Å²) in [5.74, 6) is 0.972. The monoisotopic (exact) mass is 585 g/mol. The number of nitrogens with one attached hydrogen (secondary N) is 1. The third kappa shape index (κ3) is 5.35. The predicted molar refractivity (Wildman–Crippen MR) is 124 cm³/mol. The van der Waals surface area contributed by atoms with Crippen molar-refractivity contribution in [2.75, 3.05) is 12.4 Å². The second kappa shape index (κ2) is 9.41. The minimum atomic E-state index is -0.193. The molecule has 1 N–H and O–H groups in total. The quantitative estimate of drug-likeness (QED) is 0.376. The number of ether oxygens (including phenoxy) is 2. The van der Waals surface area contributed by atoms with Gasteiger partial charge in [-0.3, -0.25) is 4.79 Å². The van der Waals surface area contributed by atoms with Crippen LogP contribution in [-0.2, 0) is 6.61 Å². The molecule has 3 rings (SSSR count). The van der Waals surface area contributed by atoms with Crippen molar-refractivity contribution in [2.24, 2.45) is 0 Å². The van der Waals surface area contributed by atoms with Crippen LogP contribution in [0.15, 0.2) is 66.7 Å². The number of amides is 1. The Morgan fingerprint density at radius 3 is 2.37 bits per heavy atom. The van der Waals surface area contributed by atoms with Crippen LogP contribution in [0.25, 0.3) is 0 Å².